The van der Waals surface area contributed by atoms with Crippen molar-refractivity contribution in [2.75, 3.05) is 0 Å². The van der Waals surface area contributed by atoms with Crippen LogP contribution >= 0.6 is 0 Å². The first-order valence-corrected chi connectivity index (χ1v) is 9.65. The molecule has 1 fully saturated rings. The fourth-order valence-corrected chi connectivity index (χ4v) is 4.16. The third-order valence-electron chi connectivity index (χ3n) is 5.76. The molecule has 1 aliphatic heterocycles. The Balaban J connectivity index is 1.99. The molecule has 1 aliphatic rings. The summed E-state index contributed by atoms with van der Waals surface area (Å²) in [4.78, 5) is 27.6. The fourth-order valence-electron chi connectivity index (χ4n) is 4.16. The molecule has 7 heteroatoms. The molecule has 2 aromatic rings. The highest BCUT2D eigenvalue weighted by Crippen LogP contribution is 2.27. The van der Waals surface area contributed by atoms with Crippen LogP contribution in [0.2, 0.25) is 0 Å². The number of rotatable bonds is 3. The van der Waals surface area contributed by atoms with Gasteiger partial charge in [0.15, 0.2) is 0 Å². The van der Waals surface area contributed by atoms with Gasteiger partial charge in [-0.2, -0.15) is 10.2 Å². The molecule has 0 radical (unpaired) electrons. The summed E-state index contributed by atoms with van der Waals surface area (Å²) in [6.07, 6.45) is 3.13. The van der Waals surface area contributed by atoms with E-state index in [4.69, 9.17) is 0 Å². The number of aryl methyl sites for hydroxylation is 2. The summed E-state index contributed by atoms with van der Waals surface area (Å²) in [5, 5.41) is 8.97. The summed E-state index contributed by atoms with van der Waals surface area (Å²) in [7, 11) is 1.88. The van der Waals surface area contributed by atoms with Crippen LogP contribution in [0, 0.1) is 13.8 Å². The number of likely N-dealkylation sites (tertiary alicyclic amines) is 1. The Morgan fingerprint density at radius 2 is 1.78 bits per heavy atom. The first-order chi connectivity index (χ1) is 12.7. The molecule has 3 atom stereocenters. The average Bonchev–Trinajstić information content (AvgIpc) is 2.87. The van der Waals surface area contributed by atoms with Gasteiger partial charge in [-0.15, -0.1) is 0 Å². The number of carbonyl (C=O) groups is 1. The maximum absolute atomic E-state index is 13.2. The third-order valence-corrected chi connectivity index (χ3v) is 5.76. The zero-order valence-corrected chi connectivity index (χ0v) is 17.1. The molecule has 1 saturated heterocycles. The molecule has 2 aromatic heterocycles. The molecule has 3 rings (SSSR count). The minimum atomic E-state index is -0.641. The van der Waals surface area contributed by atoms with E-state index in [-0.39, 0.29) is 23.6 Å². The van der Waals surface area contributed by atoms with E-state index in [0.717, 1.165) is 36.2 Å². The van der Waals surface area contributed by atoms with Crippen LogP contribution in [0.4, 0.5) is 0 Å². The van der Waals surface area contributed by atoms with Crippen molar-refractivity contribution in [2.45, 2.75) is 72.0 Å². The molecule has 0 N–H and O–H groups in total. The lowest BCUT2D eigenvalue weighted by atomic mass is 9.96. The van der Waals surface area contributed by atoms with Gasteiger partial charge in [0.1, 0.15) is 6.04 Å². The Hall–Kier alpha value is -2.44. The highest BCUT2D eigenvalue weighted by atomic mass is 16.2. The van der Waals surface area contributed by atoms with Crippen molar-refractivity contribution in [3.63, 3.8) is 0 Å². The summed E-state index contributed by atoms with van der Waals surface area (Å²) in [5.41, 5.74) is 3.13. The third kappa shape index (κ3) is 3.42. The Bertz CT molecular complexity index is 904. The molecule has 0 bridgehead atoms. The average molecular weight is 371 g/mol. The van der Waals surface area contributed by atoms with Gasteiger partial charge in [-0.05, 0) is 59.9 Å². The Labute approximate surface area is 160 Å². The van der Waals surface area contributed by atoms with Crippen LogP contribution in [-0.2, 0) is 11.8 Å². The predicted octanol–water partition coefficient (Wildman–Crippen LogP) is 2.61. The van der Waals surface area contributed by atoms with Gasteiger partial charge in [0, 0.05) is 36.5 Å². The van der Waals surface area contributed by atoms with Gasteiger partial charge in [-0.1, -0.05) is 0 Å². The molecule has 146 valence electrons. The Kier molecular flexibility index (Phi) is 5.22. The Morgan fingerprint density at radius 3 is 2.33 bits per heavy atom. The molecule has 0 aromatic carbocycles. The monoisotopic (exact) mass is 371 g/mol. The number of aromatic nitrogens is 4. The van der Waals surface area contributed by atoms with Gasteiger partial charge in [-0.25, -0.2) is 4.68 Å². The van der Waals surface area contributed by atoms with E-state index in [2.05, 4.69) is 24.0 Å². The number of nitrogens with zero attached hydrogens (tertiary/aromatic N) is 5. The van der Waals surface area contributed by atoms with Crippen LogP contribution in [0.5, 0.6) is 0 Å². The largest absolute Gasteiger partial charge is 0.335 e. The van der Waals surface area contributed by atoms with Crippen LogP contribution in [0.1, 0.15) is 57.5 Å². The summed E-state index contributed by atoms with van der Waals surface area (Å²) in [6.45, 7) is 9.81. The van der Waals surface area contributed by atoms with E-state index in [1.807, 2.05) is 25.8 Å². The lowest BCUT2D eigenvalue weighted by Gasteiger charge is -2.40. The molecule has 0 spiro atoms. The molecular weight excluding hydrogens is 342 g/mol. The minimum absolute atomic E-state index is 0.0407. The number of amides is 1. The van der Waals surface area contributed by atoms with Gasteiger partial charge in [0.2, 0.25) is 5.91 Å². The van der Waals surface area contributed by atoms with Crippen molar-refractivity contribution in [3.05, 3.63) is 33.9 Å². The van der Waals surface area contributed by atoms with E-state index < -0.39 is 6.04 Å². The summed E-state index contributed by atoms with van der Waals surface area (Å²) in [5.74, 6) is -0.0407. The van der Waals surface area contributed by atoms with E-state index in [9.17, 15) is 9.59 Å². The SMILES string of the molecule is Cc1nn(C)c(C)c1-c1ccc(=O)n([C@@H](C)C(=O)N2[C@H](C)CCC[C@@H]2C)n1. The van der Waals surface area contributed by atoms with Crippen LogP contribution in [0.25, 0.3) is 11.3 Å². The highest BCUT2D eigenvalue weighted by molar-refractivity contribution is 5.80. The van der Waals surface area contributed by atoms with Crippen molar-refractivity contribution in [1.82, 2.24) is 24.5 Å². The van der Waals surface area contributed by atoms with E-state index in [1.165, 1.54) is 10.7 Å². The first-order valence-electron chi connectivity index (χ1n) is 9.65. The van der Waals surface area contributed by atoms with Gasteiger partial charge in [-0.3, -0.25) is 14.3 Å². The van der Waals surface area contributed by atoms with E-state index in [0.29, 0.717) is 5.69 Å². The lowest BCUT2D eigenvalue weighted by molar-refractivity contribution is -0.140. The van der Waals surface area contributed by atoms with Gasteiger partial charge >= 0.3 is 0 Å². The van der Waals surface area contributed by atoms with Crippen molar-refractivity contribution in [2.24, 2.45) is 7.05 Å². The maximum Gasteiger partial charge on any atom is 0.267 e. The highest BCUT2D eigenvalue weighted by Gasteiger charge is 2.33. The summed E-state index contributed by atoms with van der Waals surface area (Å²) in [6, 6.07) is 2.92. The zero-order valence-electron chi connectivity index (χ0n) is 17.1. The summed E-state index contributed by atoms with van der Waals surface area (Å²) >= 11 is 0. The Morgan fingerprint density at radius 1 is 1.15 bits per heavy atom. The van der Waals surface area contributed by atoms with Crippen LogP contribution in [-0.4, -0.2) is 42.5 Å². The molecule has 0 unspecified atom stereocenters. The van der Waals surface area contributed by atoms with Gasteiger partial charge < -0.3 is 4.90 Å². The smallest absolute Gasteiger partial charge is 0.267 e. The zero-order chi connectivity index (χ0) is 19.9. The second kappa shape index (κ2) is 7.29. The topological polar surface area (TPSA) is 73.0 Å². The number of hydrogen-bond donors (Lipinski definition) is 0. The standard InChI is InChI=1S/C20H29N5O2/c1-12-8-7-9-13(2)24(12)20(27)16(5)25-18(26)11-10-17(22-25)19-14(3)21-23(6)15(19)4/h10-13,16H,7-9H2,1-6H3/t12-,13+,16-/m0/s1. The number of carbonyl (C=O) groups excluding carboxylic acids is 1. The molecule has 0 saturated carbocycles. The molecule has 7 nitrogen and oxygen atoms in total. The van der Waals surface area contributed by atoms with Gasteiger partial charge in [0.05, 0.1) is 11.4 Å². The predicted molar refractivity (Wildman–Crippen MR) is 105 cm³/mol. The lowest BCUT2D eigenvalue weighted by Crippen LogP contribution is -2.50. The molecule has 3 heterocycles. The molecule has 0 aliphatic carbocycles. The second-order valence-corrected chi connectivity index (χ2v) is 7.72. The molecule has 1 amide bonds. The normalized spacial score (nSPS) is 21.3. The van der Waals surface area contributed by atoms with E-state index >= 15 is 0 Å². The molecular formula is C20H29N5O2. The van der Waals surface area contributed by atoms with Crippen LogP contribution < -0.4 is 5.56 Å². The number of hydrogen-bond acceptors (Lipinski definition) is 4. The van der Waals surface area contributed by atoms with Crippen molar-refractivity contribution in [3.8, 4) is 11.3 Å². The number of piperidine rings is 1. The summed E-state index contributed by atoms with van der Waals surface area (Å²) < 4.78 is 3.12. The second-order valence-electron chi connectivity index (χ2n) is 7.72. The van der Waals surface area contributed by atoms with Crippen LogP contribution in [0.3, 0.4) is 0 Å². The van der Waals surface area contributed by atoms with E-state index in [1.54, 1.807) is 17.7 Å². The van der Waals surface area contributed by atoms with Crippen LogP contribution in [0.15, 0.2) is 16.9 Å². The van der Waals surface area contributed by atoms with Crippen molar-refractivity contribution in [1.29, 1.82) is 0 Å². The first kappa shape index (κ1) is 19.3. The van der Waals surface area contributed by atoms with Gasteiger partial charge in [0.25, 0.3) is 5.56 Å². The minimum Gasteiger partial charge on any atom is -0.335 e. The quantitative estimate of drug-likeness (QED) is 0.831. The fraction of sp³-hybridized carbons (Fsp3) is 0.600. The molecule has 27 heavy (non-hydrogen) atoms. The van der Waals surface area contributed by atoms with Crippen molar-refractivity contribution >= 4 is 5.91 Å². The van der Waals surface area contributed by atoms with Crippen molar-refractivity contribution < 1.29 is 4.79 Å². The maximum atomic E-state index is 13.2.